The van der Waals surface area contributed by atoms with Gasteiger partial charge in [-0.3, -0.25) is 0 Å². The lowest BCUT2D eigenvalue weighted by Gasteiger charge is -2.11. The van der Waals surface area contributed by atoms with Crippen LogP contribution in [-0.4, -0.2) is 24.0 Å². The molecular formula is C8H9ClN2OS. The Bertz CT molecular complexity index is 326. The van der Waals surface area contributed by atoms with Crippen molar-refractivity contribution in [3.63, 3.8) is 0 Å². The van der Waals surface area contributed by atoms with Gasteiger partial charge >= 0.3 is 6.03 Å². The van der Waals surface area contributed by atoms with Gasteiger partial charge in [0.15, 0.2) is 0 Å². The molecule has 2 rings (SSSR count). The van der Waals surface area contributed by atoms with Crippen LogP contribution in [0.1, 0.15) is 4.88 Å². The Balaban J connectivity index is 2.01. The minimum Gasteiger partial charge on any atom is -0.336 e. The van der Waals surface area contributed by atoms with Crippen LogP contribution >= 0.6 is 22.9 Å². The van der Waals surface area contributed by atoms with Crippen LogP contribution in [0.4, 0.5) is 4.79 Å². The fourth-order valence-electron chi connectivity index (χ4n) is 1.29. The number of hydrogen-bond acceptors (Lipinski definition) is 2. The predicted molar refractivity (Wildman–Crippen MR) is 53.1 cm³/mol. The summed E-state index contributed by atoms with van der Waals surface area (Å²) in [6.45, 7) is 2.20. The summed E-state index contributed by atoms with van der Waals surface area (Å²) in [5, 5.41) is 2.76. The Morgan fingerprint density at radius 3 is 3.00 bits per heavy atom. The third kappa shape index (κ3) is 1.95. The third-order valence-electron chi connectivity index (χ3n) is 1.92. The van der Waals surface area contributed by atoms with Gasteiger partial charge in [-0.05, 0) is 12.1 Å². The summed E-state index contributed by atoms with van der Waals surface area (Å²) in [6, 6.07) is 3.83. The number of hydrogen-bond donors (Lipinski definition) is 1. The highest BCUT2D eigenvalue weighted by Crippen LogP contribution is 2.22. The minimum atomic E-state index is 0.0181. The number of urea groups is 1. The van der Waals surface area contributed by atoms with E-state index in [4.69, 9.17) is 11.6 Å². The van der Waals surface area contributed by atoms with E-state index in [-0.39, 0.29) is 6.03 Å². The molecule has 13 heavy (non-hydrogen) atoms. The Morgan fingerprint density at radius 1 is 1.62 bits per heavy atom. The van der Waals surface area contributed by atoms with Gasteiger partial charge in [0.05, 0.1) is 10.9 Å². The quantitative estimate of drug-likeness (QED) is 0.805. The van der Waals surface area contributed by atoms with Crippen molar-refractivity contribution < 1.29 is 4.79 Å². The summed E-state index contributed by atoms with van der Waals surface area (Å²) < 4.78 is 0.773. The molecule has 0 saturated carbocycles. The molecule has 0 radical (unpaired) electrons. The maximum absolute atomic E-state index is 11.2. The number of carbonyl (C=O) groups excluding carboxylic acids is 1. The molecule has 3 nitrogen and oxygen atoms in total. The highest BCUT2D eigenvalue weighted by Gasteiger charge is 2.19. The molecule has 1 aromatic rings. The van der Waals surface area contributed by atoms with E-state index in [9.17, 15) is 4.79 Å². The van der Waals surface area contributed by atoms with Crippen molar-refractivity contribution >= 4 is 29.0 Å². The van der Waals surface area contributed by atoms with Crippen LogP contribution in [-0.2, 0) is 6.54 Å². The first kappa shape index (κ1) is 8.84. The Morgan fingerprint density at radius 2 is 2.46 bits per heavy atom. The molecule has 70 valence electrons. The van der Waals surface area contributed by atoms with Crippen molar-refractivity contribution in [3.8, 4) is 0 Å². The number of rotatable bonds is 2. The predicted octanol–water partition coefficient (Wildman–Crippen LogP) is 1.93. The number of nitrogens with one attached hydrogen (secondary N) is 1. The second kappa shape index (κ2) is 3.55. The van der Waals surface area contributed by atoms with Gasteiger partial charge in [-0.15, -0.1) is 11.3 Å². The van der Waals surface area contributed by atoms with Gasteiger partial charge in [0, 0.05) is 18.0 Å². The normalized spacial score (nSPS) is 16.4. The van der Waals surface area contributed by atoms with Crippen molar-refractivity contribution in [2.24, 2.45) is 0 Å². The second-order valence-electron chi connectivity index (χ2n) is 2.86. The monoisotopic (exact) mass is 216 g/mol. The molecule has 0 spiro atoms. The minimum absolute atomic E-state index is 0.0181. The van der Waals surface area contributed by atoms with Gasteiger partial charge < -0.3 is 10.2 Å². The molecule has 2 heterocycles. The lowest BCUT2D eigenvalue weighted by atomic mass is 10.4. The molecule has 5 heteroatoms. The third-order valence-corrected chi connectivity index (χ3v) is 3.14. The van der Waals surface area contributed by atoms with Crippen molar-refractivity contribution in [1.29, 1.82) is 0 Å². The van der Waals surface area contributed by atoms with Gasteiger partial charge in [0.1, 0.15) is 0 Å². The molecule has 1 N–H and O–H groups in total. The molecule has 0 bridgehead atoms. The molecule has 0 atom stereocenters. The van der Waals surface area contributed by atoms with E-state index in [0.29, 0.717) is 6.54 Å². The highest BCUT2D eigenvalue weighted by atomic mass is 35.5. The Labute approximate surface area is 85.3 Å². The van der Waals surface area contributed by atoms with Crippen molar-refractivity contribution in [1.82, 2.24) is 10.2 Å². The number of halogens is 1. The SMILES string of the molecule is O=C1NCCN1Cc1ccc(Cl)s1. The van der Waals surface area contributed by atoms with Crippen LogP contribution in [0.15, 0.2) is 12.1 Å². The topological polar surface area (TPSA) is 32.3 Å². The van der Waals surface area contributed by atoms with Crippen LogP contribution in [0.5, 0.6) is 0 Å². The average molecular weight is 217 g/mol. The van der Waals surface area contributed by atoms with Crippen LogP contribution < -0.4 is 5.32 Å². The molecule has 0 aliphatic carbocycles. The zero-order chi connectivity index (χ0) is 9.26. The van der Waals surface area contributed by atoms with Crippen LogP contribution in [0, 0.1) is 0 Å². The van der Waals surface area contributed by atoms with Crippen LogP contribution in [0.2, 0.25) is 4.34 Å². The van der Waals surface area contributed by atoms with Gasteiger partial charge in [0.2, 0.25) is 0 Å². The lowest BCUT2D eigenvalue weighted by molar-refractivity contribution is 0.216. The zero-order valence-electron chi connectivity index (χ0n) is 6.92. The van der Waals surface area contributed by atoms with Crippen molar-refractivity contribution in [2.75, 3.05) is 13.1 Å². The van der Waals surface area contributed by atoms with E-state index in [1.807, 2.05) is 12.1 Å². The van der Waals surface area contributed by atoms with E-state index < -0.39 is 0 Å². The standard InChI is InChI=1S/C8H9ClN2OS/c9-7-2-1-6(13-7)5-11-4-3-10-8(11)12/h1-2H,3-5H2,(H,10,12). The number of amides is 2. The number of carbonyl (C=O) groups is 1. The first-order valence-corrected chi connectivity index (χ1v) is 5.22. The van der Waals surface area contributed by atoms with E-state index in [0.717, 1.165) is 22.3 Å². The summed E-state index contributed by atoms with van der Waals surface area (Å²) in [6.07, 6.45) is 0. The maximum Gasteiger partial charge on any atom is 0.317 e. The Hall–Kier alpha value is -0.740. The zero-order valence-corrected chi connectivity index (χ0v) is 8.49. The van der Waals surface area contributed by atoms with Crippen LogP contribution in [0.3, 0.4) is 0 Å². The number of thiophene rings is 1. The van der Waals surface area contributed by atoms with E-state index >= 15 is 0 Å². The van der Waals surface area contributed by atoms with E-state index in [2.05, 4.69) is 5.32 Å². The molecule has 0 aromatic carbocycles. The Kier molecular flexibility index (Phi) is 2.42. The van der Waals surface area contributed by atoms with Gasteiger partial charge in [-0.2, -0.15) is 0 Å². The highest BCUT2D eigenvalue weighted by molar-refractivity contribution is 7.16. The molecule has 1 fully saturated rings. The summed E-state index contributed by atoms with van der Waals surface area (Å²) in [5.74, 6) is 0. The van der Waals surface area contributed by atoms with Crippen molar-refractivity contribution in [3.05, 3.63) is 21.3 Å². The summed E-state index contributed by atoms with van der Waals surface area (Å²) in [7, 11) is 0. The van der Waals surface area contributed by atoms with Crippen LogP contribution in [0.25, 0.3) is 0 Å². The maximum atomic E-state index is 11.2. The molecule has 1 aliphatic rings. The lowest BCUT2D eigenvalue weighted by Crippen LogP contribution is -2.27. The van der Waals surface area contributed by atoms with Gasteiger partial charge in [-0.25, -0.2) is 4.79 Å². The second-order valence-corrected chi connectivity index (χ2v) is 4.66. The average Bonchev–Trinajstić information content (AvgIpc) is 2.64. The molecule has 1 aliphatic heterocycles. The van der Waals surface area contributed by atoms with Crippen molar-refractivity contribution in [2.45, 2.75) is 6.54 Å². The smallest absolute Gasteiger partial charge is 0.317 e. The molecule has 2 amide bonds. The first-order valence-electron chi connectivity index (χ1n) is 4.03. The van der Waals surface area contributed by atoms with Gasteiger partial charge in [0.25, 0.3) is 0 Å². The molecular weight excluding hydrogens is 208 g/mol. The summed E-state index contributed by atoms with van der Waals surface area (Å²) in [5.41, 5.74) is 0. The summed E-state index contributed by atoms with van der Waals surface area (Å²) >= 11 is 7.30. The fourth-order valence-corrected chi connectivity index (χ4v) is 2.39. The first-order chi connectivity index (χ1) is 6.25. The molecule has 1 aromatic heterocycles. The summed E-state index contributed by atoms with van der Waals surface area (Å²) in [4.78, 5) is 14.1. The van der Waals surface area contributed by atoms with Gasteiger partial charge in [-0.1, -0.05) is 11.6 Å². The number of nitrogens with zero attached hydrogens (tertiary/aromatic N) is 1. The van der Waals surface area contributed by atoms with E-state index in [1.165, 1.54) is 11.3 Å². The molecule has 0 unspecified atom stereocenters. The fraction of sp³-hybridized carbons (Fsp3) is 0.375. The molecule has 1 saturated heterocycles. The van der Waals surface area contributed by atoms with E-state index in [1.54, 1.807) is 4.90 Å². The largest absolute Gasteiger partial charge is 0.336 e.